The van der Waals surface area contributed by atoms with Crippen molar-refractivity contribution in [1.82, 2.24) is 5.32 Å². The van der Waals surface area contributed by atoms with Crippen LogP contribution >= 0.6 is 11.3 Å². The summed E-state index contributed by atoms with van der Waals surface area (Å²) in [5, 5.41) is 16.0. The van der Waals surface area contributed by atoms with Gasteiger partial charge in [-0.15, -0.1) is 11.3 Å². The standard InChI is InChI=1S/C24H26FNO2S/c25-19-12-10-18(11-13-19)24(23-9-4-14-29-23)26-15-20(27)16-28-22-8-3-6-17-5-1-2-7-21(17)22/h1-2,4-5,7,9-14,20,22,24,26-27H,3,6,8,15-16H2/t20-,22+,24-/m1/s1. The van der Waals surface area contributed by atoms with Crippen molar-refractivity contribution in [2.45, 2.75) is 37.5 Å². The van der Waals surface area contributed by atoms with E-state index >= 15 is 0 Å². The van der Waals surface area contributed by atoms with Gasteiger partial charge in [-0.05, 0) is 59.5 Å². The number of rotatable bonds is 8. The Morgan fingerprint density at radius 1 is 1.10 bits per heavy atom. The second-order valence-corrected chi connectivity index (χ2v) is 8.45. The monoisotopic (exact) mass is 411 g/mol. The van der Waals surface area contributed by atoms with Crippen molar-refractivity contribution in [2.75, 3.05) is 13.2 Å². The van der Waals surface area contributed by atoms with Gasteiger partial charge in [-0.25, -0.2) is 4.39 Å². The van der Waals surface area contributed by atoms with Crippen molar-refractivity contribution < 1.29 is 14.2 Å². The minimum atomic E-state index is -0.619. The molecule has 0 radical (unpaired) electrons. The lowest BCUT2D eigenvalue weighted by molar-refractivity contribution is -0.0171. The number of thiophene rings is 1. The summed E-state index contributed by atoms with van der Waals surface area (Å²) in [5.74, 6) is -0.250. The number of ether oxygens (including phenoxy) is 1. The molecule has 0 saturated heterocycles. The van der Waals surface area contributed by atoms with Crippen LogP contribution in [0.2, 0.25) is 0 Å². The average molecular weight is 412 g/mol. The Hall–Kier alpha value is -2.05. The molecule has 1 heterocycles. The summed E-state index contributed by atoms with van der Waals surface area (Å²) in [7, 11) is 0. The molecule has 1 aliphatic carbocycles. The lowest BCUT2D eigenvalue weighted by Crippen LogP contribution is -2.34. The molecule has 0 fully saturated rings. The van der Waals surface area contributed by atoms with E-state index in [2.05, 4.69) is 23.5 Å². The van der Waals surface area contributed by atoms with Crippen molar-refractivity contribution in [3.05, 3.63) is 93.4 Å². The van der Waals surface area contributed by atoms with Gasteiger partial charge in [-0.1, -0.05) is 42.5 Å². The number of fused-ring (bicyclic) bond motifs is 1. The zero-order valence-electron chi connectivity index (χ0n) is 16.3. The molecule has 5 heteroatoms. The van der Waals surface area contributed by atoms with Crippen LogP contribution < -0.4 is 5.32 Å². The molecule has 3 aromatic rings. The molecule has 29 heavy (non-hydrogen) atoms. The molecule has 0 amide bonds. The van der Waals surface area contributed by atoms with Gasteiger partial charge in [0.15, 0.2) is 0 Å². The van der Waals surface area contributed by atoms with Gasteiger partial charge in [-0.3, -0.25) is 0 Å². The van der Waals surface area contributed by atoms with Gasteiger partial charge in [-0.2, -0.15) is 0 Å². The van der Waals surface area contributed by atoms with Gasteiger partial charge < -0.3 is 15.2 Å². The molecular formula is C24H26FNO2S. The largest absolute Gasteiger partial charge is 0.389 e. The maximum atomic E-state index is 13.3. The Morgan fingerprint density at radius 3 is 2.72 bits per heavy atom. The average Bonchev–Trinajstić information content (AvgIpc) is 3.28. The fraction of sp³-hybridized carbons (Fsp3) is 0.333. The summed E-state index contributed by atoms with van der Waals surface area (Å²) in [5.41, 5.74) is 3.58. The molecule has 0 bridgehead atoms. The van der Waals surface area contributed by atoms with Crippen molar-refractivity contribution in [2.24, 2.45) is 0 Å². The van der Waals surface area contributed by atoms with Crippen LogP contribution in [0.1, 0.15) is 46.6 Å². The molecule has 1 aliphatic rings. The summed E-state index contributed by atoms with van der Waals surface area (Å²) in [6, 6.07) is 18.9. The molecule has 0 unspecified atom stereocenters. The van der Waals surface area contributed by atoms with E-state index in [0.29, 0.717) is 6.54 Å². The SMILES string of the molecule is O[C@H](CN[C@H](c1ccc(F)cc1)c1cccs1)CO[C@H]1CCCc2ccccc21. The van der Waals surface area contributed by atoms with Crippen LogP contribution in [0.3, 0.4) is 0 Å². The van der Waals surface area contributed by atoms with E-state index in [1.54, 1.807) is 23.5 Å². The molecule has 1 aromatic heterocycles. The van der Waals surface area contributed by atoms with Crippen molar-refractivity contribution in [3.8, 4) is 0 Å². The van der Waals surface area contributed by atoms with Crippen LogP contribution in [0.4, 0.5) is 4.39 Å². The van der Waals surface area contributed by atoms with Crippen LogP contribution in [-0.4, -0.2) is 24.4 Å². The Balaban J connectivity index is 1.35. The van der Waals surface area contributed by atoms with Gasteiger partial charge in [0, 0.05) is 11.4 Å². The smallest absolute Gasteiger partial charge is 0.123 e. The van der Waals surface area contributed by atoms with E-state index in [4.69, 9.17) is 4.74 Å². The van der Waals surface area contributed by atoms with Gasteiger partial charge in [0.25, 0.3) is 0 Å². The number of aliphatic hydroxyl groups is 1. The number of hydrogen-bond donors (Lipinski definition) is 2. The Bertz CT molecular complexity index is 898. The number of hydrogen-bond acceptors (Lipinski definition) is 4. The van der Waals surface area contributed by atoms with Crippen LogP contribution in [-0.2, 0) is 11.2 Å². The molecule has 3 atom stereocenters. The number of halogens is 1. The quantitative estimate of drug-likeness (QED) is 0.547. The van der Waals surface area contributed by atoms with Crippen LogP contribution in [0.25, 0.3) is 0 Å². The normalized spacial score (nSPS) is 18.2. The first-order valence-corrected chi connectivity index (χ1v) is 11.0. The molecule has 0 saturated carbocycles. The minimum Gasteiger partial charge on any atom is -0.389 e. The van der Waals surface area contributed by atoms with Crippen molar-refractivity contribution in [1.29, 1.82) is 0 Å². The Labute approximate surface area is 175 Å². The number of nitrogens with one attached hydrogen (secondary N) is 1. The van der Waals surface area contributed by atoms with Crippen LogP contribution in [0.5, 0.6) is 0 Å². The van der Waals surface area contributed by atoms with E-state index in [0.717, 1.165) is 29.7 Å². The number of aliphatic hydroxyl groups excluding tert-OH is 1. The predicted molar refractivity (Wildman–Crippen MR) is 115 cm³/mol. The molecule has 2 aromatic carbocycles. The van der Waals surface area contributed by atoms with Crippen LogP contribution in [0.15, 0.2) is 66.0 Å². The van der Waals surface area contributed by atoms with Gasteiger partial charge in [0.2, 0.25) is 0 Å². The molecule has 4 rings (SSSR count). The molecular weight excluding hydrogens is 385 g/mol. The summed E-state index contributed by atoms with van der Waals surface area (Å²) in [6.07, 6.45) is 2.64. The van der Waals surface area contributed by atoms with Gasteiger partial charge in [0.05, 0.1) is 24.9 Å². The van der Waals surface area contributed by atoms with Crippen LogP contribution in [0, 0.1) is 5.82 Å². The van der Waals surface area contributed by atoms with Gasteiger partial charge >= 0.3 is 0 Å². The van der Waals surface area contributed by atoms with E-state index < -0.39 is 6.10 Å². The third-order valence-electron chi connectivity index (χ3n) is 5.39. The fourth-order valence-corrected chi connectivity index (χ4v) is 4.74. The summed E-state index contributed by atoms with van der Waals surface area (Å²) >= 11 is 1.64. The number of benzene rings is 2. The molecule has 0 spiro atoms. The molecule has 2 N–H and O–H groups in total. The second kappa shape index (κ2) is 9.63. The zero-order valence-corrected chi connectivity index (χ0v) is 17.1. The second-order valence-electron chi connectivity index (χ2n) is 7.48. The van der Waals surface area contributed by atoms with Crippen molar-refractivity contribution >= 4 is 11.3 Å². The first-order chi connectivity index (χ1) is 14.2. The van der Waals surface area contributed by atoms with E-state index in [-0.39, 0.29) is 24.6 Å². The number of aryl methyl sites for hydroxylation is 1. The fourth-order valence-electron chi connectivity index (χ4n) is 3.92. The van der Waals surface area contributed by atoms with Crippen molar-refractivity contribution in [3.63, 3.8) is 0 Å². The third-order valence-corrected chi connectivity index (χ3v) is 6.33. The Morgan fingerprint density at radius 2 is 1.93 bits per heavy atom. The molecule has 0 aliphatic heterocycles. The highest BCUT2D eigenvalue weighted by molar-refractivity contribution is 7.10. The molecule has 3 nitrogen and oxygen atoms in total. The first kappa shape index (κ1) is 20.2. The third kappa shape index (κ3) is 5.11. The predicted octanol–water partition coefficient (Wildman–Crippen LogP) is 5.02. The zero-order chi connectivity index (χ0) is 20.1. The summed E-state index contributed by atoms with van der Waals surface area (Å²) in [4.78, 5) is 1.13. The van der Waals surface area contributed by atoms with E-state index in [1.807, 2.05) is 23.6 Å². The Kier molecular flexibility index (Phi) is 6.72. The summed E-state index contributed by atoms with van der Waals surface area (Å²) in [6.45, 7) is 0.681. The summed E-state index contributed by atoms with van der Waals surface area (Å²) < 4.78 is 19.4. The first-order valence-electron chi connectivity index (χ1n) is 10.1. The molecule has 152 valence electrons. The minimum absolute atomic E-state index is 0.0554. The highest BCUT2D eigenvalue weighted by atomic mass is 32.1. The van der Waals surface area contributed by atoms with Gasteiger partial charge in [0.1, 0.15) is 5.82 Å². The maximum absolute atomic E-state index is 13.3. The van der Waals surface area contributed by atoms with E-state index in [9.17, 15) is 9.50 Å². The topological polar surface area (TPSA) is 41.5 Å². The lowest BCUT2D eigenvalue weighted by atomic mass is 9.89. The highest BCUT2D eigenvalue weighted by Crippen LogP contribution is 2.32. The van der Waals surface area contributed by atoms with E-state index in [1.165, 1.54) is 23.3 Å². The lowest BCUT2D eigenvalue weighted by Gasteiger charge is -2.27. The highest BCUT2D eigenvalue weighted by Gasteiger charge is 2.22. The maximum Gasteiger partial charge on any atom is 0.123 e.